The molecule has 0 saturated carbocycles. The van der Waals surface area contributed by atoms with Gasteiger partial charge in [-0.1, -0.05) is 50.3 Å². The summed E-state index contributed by atoms with van der Waals surface area (Å²) in [5.74, 6) is -0.273. The molecule has 122 valence electrons. The normalized spacial score (nSPS) is 15.0. The summed E-state index contributed by atoms with van der Waals surface area (Å²) >= 11 is 0. The van der Waals surface area contributed by atoms with Crippen molar-refractivity contribution in [2.24, 2.45) is 11.7 Å². The summed E-state index contributed by atoms with van der Waals surface area (Å²) in [6, 6.07) is 8.51. The van der Waals surface area contributed by atoms with Crippen LogP contribution in [-0.4, -0.2) is 32.7 Å². The maximum absolute atomic E-state index is 12.1. The number of benzene rings is 1. The maximum atomic E-state index is 12.1. The molecule has 0 fully saturated rings. The molecular formula is C16H24N2O3S. The Balaban J connectivity index is 2.87. The molecule has 1 rings (SSSR count). The second kappa shape index (κ2) is 8.10. The highest BCUT2D eigenvalue weighted by Crippen LogP contribution is 2.06. The lowest BCUT2D eigenvalue weighted by Crippen LogP contribution is -2.47. The van der Waals surface area contributed by atoms with Crippen LogP contribution in [0.3, 0.4) is 0 Å². The van der Waals surface area contributed by atoms with Gasteiger partial charge in [0.25, 0.3) is 0 Å². The first-order valence-corrected chi connectivity index (χ1v) is 9.12. The number of hydrogen-bond acceptors (Lipinski definition) is 4. The Kier molecular flexibility index (Phi) is 6.77. The summed E-state index contributed by atoms with van der Waals surface area (Å²) in [7, 11) is -3.25. The molecule has 1 aromatic rings. The third kappa shape index (κ3) is 6.87. The molecule has 5 nitrogen and oxygen atoms in total. The van der Waals surface area contributed by atoms with Gasteiger partial charge in [0, 0.05) is 11.7 Å². The van der Waals surface area contributed by atoms with E-state index in [1.807, 2.05) is 44.2 Å². The van der Waals surface area contributed by atoms with E-state index in [-0.39, 0.29) is 11.8 Å². The number of carbonyl (C=O) groups is 1. The van der Waals surface area contributed by atoms with E-state index in [0.29, 0.717) is 6.42 Å². The molecule has 0 bridgehead atoms. The van der Waals surface area contributed by atoms with Crippen LogP contribution in [0.4, 0.5) is 0 Å². The number of hydrogen-bond donors (Lipinski definition) is 2. The van der Waals surface area contributed by atoms with E-state index in [1.165, 1.54) is 6.08 Å². The van der Waals surface area contributed by atoms with Crippen LogP contribution in [0.25, 0.3) is 0 Å². The van der Waals surface area contributed by atoms with Gasteiger partial charge in [-0.25, -0.2) is 8.42 Å². The Hall–Kier alpha value is -1.66. The largest absolute Gasteiger partial charge is 0.348 e. The zero-order valence-electron chi connectivity index (χ0n) is 13.2. The third-order valence-corrected chi connectivity index (χ3v) is 3.86. The maximum Gasteiger partial charge on any atom is 0.237 e. The van der Waals surface area contributed by atoms with Crippen molar-refractivity contribution >= 4 is 15.7 Å². The molecule has 3 N–H and O–H groups in total. The number of nitrogens with one attached hydrogen (secondary N) is 1. The van der Waals surface area contributed by atoms with E-state index in [2.05, 4.69) is 5.32 Å². The van der Waals surface area contributed by atoms with Crippen LogP contribution in [0.15, 0.2) is 41.8 Å². The van der Waals surface area contributed by atoms with Crippen LogP contribution < -0.4 is 11.1 Å². The molecular weight excluding hydrogens is 300 g/mol. The fourth-order valence-corrected chi connectivity index (χ4v) is 2.33. The van der Waals surface area contributed by atoms with Crippen molar-refractivity contribution < 1.29 is 13.2 Å². The Labute approximate surface area is 132 Å². The van der Waals surface area contributed by atoms with Gasteiger partial charge in [-0.2, -0.15) is 0 Å². The van der Waals surface area contributed by atoms with Crippen LogP contribution in [-0.2, 0) is 21.1 Å². The zero-order valence-corrected chi connectivity index (χ0v) is 14.0. The molecule has 0 aliphatic heterocycles. The summed E-state index contributed by atoms with van der Waals surface area (Å²) in [5, 5.41) is 3.92. The quantitative estimate of drug-likeness (QED) is 0.790. The first-order chi connectivity index (χ1) is 10.2. The second-order valence-corrected chi connectivity index (χ2v) is 7.66. The van der Waals surface area contributed by atoms with E-state index in [4.69, 9.17) is 5.73 Å². The van der Waals surface area contributed by atoms with Gasteiger partial charge < -0.3 is 11.1 Å². The Morgan fingerprint density at radius 3 is 2.36 bits per heavy atom. The Morgan fingerprint density at radius 2 is 1.86 bits per heavy atom. The fraction of sp³-hybridized carbons (Fsp3) is 0.438. The van der Waals surface area contributed by atoms with Crippen LogP contribution >= 0.6 is 0 Å². The van der Waals surface area contributed by atoms with Gasteiger partial charge in [0.2, 0.25) is 5.91 Å². The number of carbonyl (C=O) groups excluding carboxylic acids is 1. The third-order valence-electron chi connectivity index (χ3n) is 3.21. The number of nitrogens with two attached hydrogens (primary N) is 1. The average Bonchev–Trinajstić information content (AvgIpc) is 2.44. The second-order valence-electron chi connectivity index (χ2n) is 5.73. The molecule has 22 heavy (non-hydrogen) atoms. The molecule has 0 aliphatic carbocycles. The molecule has 0 aromatic heterocycles. The molecule has 0 unspecified atom stereocenters. The minimum atomic E-state index is -3.25. The van der Waals surface area contributed by atoms with Crippen molar-refractivity contribution in [3.63, 3.8) is 0 Å². The first-order valence-electron chi connectivity index (χ1n) is 7.17. The van der Waals surface area contributed by atoms with E-state index in [0.717, 1.165) is 17.2 Å². The van der Waals surface area contributed by atoms with Gasteiger partial charge >= 0.3 is 0 Å². The van der Waals surface area contributed by atoms with Crippen molar-refractivity contribution in [3.05, 3.63) is 47.4 Å². The van der Waals surface area contributed by atoms with Crippen molar-refractivity contribution in [2.45, 2.75) is 32.4 Å². The van der Waals surface area contributed by atoms with Gasteiger partial charge in [0.05, 0.1) is 12.1 Å². The Bertz CT molecular complexity index is 610. The SMILES string of the molecule is CC(C)[C@H](N)C(=O)N[C@H](/C=C/S(C)(=O)=O)Cc1ccccc1. The molecule has 0 aliphatic rings. The van der Waals surface area contributed by atoms with Crippen LogP contribution in [0.1, 0.15) is 19.4 Å². The molecule has 0 heterocycles. The molecule has 6 heteroatoms. The highest BCUT2D eigenvalue weighted by molar-refractivity contribution is 7.93. The first kappa shape index (κ1) is 18.4. The highest BCUT2D eigenvalue weighted by atomic mass is 32.2. The smallest absolute Gasteiger partial charge is 0.237 e. The van der Waals surface area contributed by atoms with Gasteiger partial charge in [0.15, 0.2) is 9.84 Å². The van der Waals surface area contributed by atoms with Crippen LogP contribution in [0.2, 0.25) is 0 Å². The van der Waals surface area contributed by atoms with Crippen molar-refractivity contribution in [1.29, 1.82) is 0 Å². The molecule has 0 radical (unpaired) electrons. The lowest BCUT2D eigenvalue weighted by molar-refractivity contribution is -0.123. The predicted octanol–water partition coefficient (Wildman–Crippen LogP) is 1.26. The van der Waals surface area contributed by atoms with Gasteiger partial charge in [-0.05, 0) is 17.9 Å². The average molecular weight is 324 g/mol. The minimum absolute atomic E-state index is 0.0104. The minimum Gasteiger partial charge on any atom is -0.348 e. The van der Waals surface area contributed by atoms with E-state index < -0.39 is 21.9 Å². The van der Waals surface area contributed by atoms with Crippen molar-refractivity contribution in [3.8, 4) is 0 Å². The van der Waals surface area contributed by atoms with Gasteiger partial charge in [-0.3, -0.25) is 4.79 Å². The summed E-state index contributed by atoms with van der Waals surface area (Å²) in [6.45, 7) is 3.73. The van der Waals surface area contributed by atoms with E-state index in [9.17, 15) is 13.2 Å². The van der Waals surface area contributed by atoms with Gasteiger partial charge in [-0.15, -0.1) is 0 Å². The van der Waals surface area contributed by atoms with Crippen molar-refractivity contribution in [1.82, 2.24) is 5.32 Å². The number of amides is 1. The molecule has 2 atom stereocenters. The van der Waals surface area contributed by atoms with E-state index >= 15 is 0 Å². The highest BCUT2D eigenvalue weighted by Gasteiger charge is 2.20. The summed E-state index contributed by atoms with van der Waals surface area (Å²) in [5.41, 5.74) is 6.83. The topological polar surface area (TPSA) is 89.3 Å². The number of sulfone groups is 1. The van der Waals surface area contributed by atoms with Crippen molar-refractivity contribution in [2.75, 3.05) is 6.26 Å². The molecule has 1 amide bonds. The lowest BCUT2D eigenvalue weighted by atomic mass is 10.0. The summed E-state index contributed by atoms with van der Waals surface area (Å²) in [4.78, 5) is 12.1. The summed E-state index contributed by atoms with van der Waals surface area (Å²) in [6.07, 6.45) is 3.11. The van der Waals surface area contributed by atoms with Gasteiger partial charge in [0.1, 0.15) is 0 Å². The lowest BCUT2D eigenvalue weighted by Gasteiger charge is -2.20. The monoisotopic (exact) mass is 324 g/mol. The van der Waals surface area contributed by atoms with Crippen LogP contribution in [0.5, 0.6) is 0 Å². The molecule has 1 aromatic carbocycles. The Morgan fingerprint density at radius 1 is 1.27 bits per heavy atom. The zero-order chi connectivity index (χ0) is 16.8. The molecule has 0 saturated heterocycles. The summed E-state index contributed by atoms with van der Waals surface area (Å²) < 4.78 is 22.6. The number of rotatable bonds is 7. The predicted molar refractivity (Wildman–Crippen MR) is 88.9 cm³/mol. The van der Waals surface area contributed by atoms with E-state index in [1.54, 1.807) is 0 Å². The fourth-order valence-electron chi connectivity index (χ4n) is 1.85. The standard InChI is InChI=1S/C16H24N2O3S/c1-12(2)15(17)16(19)18-14(9-10-22(3,20)21)11-13-7-5-4-6-8-13/h4-10,12,14-15H,11,17H2,1-3H3,(H,18,19)/b10-9+/t14-,15+/m1/s1. The molecule has 0 spiro atoms. The van der Waals surface area contributed by atoms with Crippen LogP contribution in [0, 0.1) is 5.92 Å².